The summed E-state index contributed by atoms with van der Waals surface area (Å²) < 4.78 is 6.02. The van der Waals surface area contributed by atoms with Gasteiger partial charge in [0, 0.05) is 12.6 Å². The summed E-state index contributed by atoms with van der Waals surface area (Å²) in [7, 11) is 0. The summed E-state index contributed by atoms with van der Waals surface area (Å²) in [6, 6.07) is 0.870. The van der Waals surface area contributed by atoms with E-state index < -0.39 is 0 Å². The van der Waals surface area contributed by atoms with E-state index in [0.717, 1.165) is 24.5 Å². The average Bonchev–Trinajstić information content (AvgIpc) is 3.11. The first kappa shape index (κ1) is 12.0. The van der Waals surface area contributed by atoms with E-state index >= 15 is 0 Å². The Morgan fingerprint density at radius 1 is 1.29 bits per heavy atom. The Bertz CT molecular complexity index is 258. The van der Waals surface area contributed by atoms with Crippen LogP contribution in [0, 0.1) is 11.8 Å². The van der Waals surface area contributed by atoms with Crippen molar-refractivity contribution in [3.05, 3.63) is 0 Å². The fourth-order valence-corrected chi connectivity index (χ4v) is 3.51. The first-order valence-electron chi connectivity index (χ1n) is 7.65. The highest BCUT2D eigenvalue weighted by Crippen LogP contribution is 2.46. The van der Waals surface area contributed by atoms with E-state index in [-0.39, 0.29) is 0 Å². The van der Waals surface area contributed by atoms with Gasteiger partial charge in [0.05, 0.1) is 5.60 Å². The molecule has 1 aliphatic heterocycles. The number of hydrogen-bond acceptors (Lipinski definition) is 2. The number of hydrogen-bond donors (Lipinski definition) is 1. The largest absolute Gasteiger partial charge is 0.375 e. The molecule has 2 aliphatic carbocycles. The number of ether oxygens (including phenoxy) is 1. The molecular formula is C15H27NO. The highest BCUT2D eigenvalue weighted by Gasteiger charge is 2.43. The van der Waals surface area contributed by atoms with Crippen molar-refractivity contribution in [1.29, 1.82) is 0 Å². The second kappa shape index (κ2) is 4.89. The molecule has 2 nitrogen and oxygen atoms in total. The predicted octanol–water partition coefficient (Wildman–Crippen LogP) is 3.11. The van der Waals surface area contributed by atoms with E-state index in [4.69, 9.17) is 4.74 Å². The molecule has 17 heavy (non-hydrogen) atoms. The molecular weight excluding hydrogens is 210 g/mol. The summed E-state index contributed by atoms with van der Waals surface area (Å²) in [6.45, 7) is 4.71. The van der Waals surface area contributed by atoms with E-state index in [1.807, 2.05) is 0 Å². The fourth-order valence-electron chi connectivity index (χ4n) is 3.51. The molecule has 0 radical (unpaired) electrons. The highest BCUT2D eigenvalue weighted by atomic mass is 16.5. The van der Waals surface area contributed by atoms with Gasteiger partial charge in [0.2, 0.25) is 0 Å². The minimum absolute atomic E-state index is 0.334. The zero-order valence-corrected chi connectivity index (χ0v) is 11.2. The quantitative estimate of drug-likeness (QED) is 0.793. The van der Waals surface area contributed by atoms with Gasteiger partial charge in [-0.2, -0.15) is 0 Å². The third-order valence-electron chi connectivity index (χ3n) is 5.21. The topological polar surface area (TPSA) is 21.3 Å². The number of nitrogens with one attached hydrogen (secondary N) is 1. The van der Waals surface area contributed by atoms with Gasteiger partial charge in [-0.1, -0.05) is 6.92 Å². The molecule has 0 aromatic carbocycles. The van der Waals surface area contributed by atoms with Crippen molar-refractivity contribution in [3.8, 4) is 0 Å². The Labute approximate surface area is 105 Å². The Hall–Kier alpha value is -0.0800. The van der Waals surface area contributed by atoms with Crippen LogP contribution in [0.4, 0.5) is 0 Å². The maximum absolute atomic E-state index is 6.02. The molecule has 2 heteroatoms. The van der Waals surface area contributed by atoms with Gasteiger partial charge in [0.25, 0.3) is 0 Å². The van der Waals surface area contributed by atoms with Gasteiger partial charge in [-0.05, 0) is 69.7 Å². The van der Waals surface area contributed by atoms with Crippen LogP contribution in [0.2, 0.25) is 0 Å². The van der Waals surface area contributed by atoms with Gasteiger partial charge >= 0.3 is 0 Å². The molecule has 3 rings (SSSR count). The molecule has 98 valence electrons. The minimum atomic E-state index is 0.334. The van der Waals surface area contributed by atoms with Crippen LogP contribution in [-0.4, -0.2) is 24.8 Å². The van der Waals surface area contributed by atoms with Crippen molar-refractivity contribution in [2.24, 2.45) is 11.8 Å². The molecule has 1 spiro atoms. The van der Waals surface area contributed by atoms with Crippen LogP contribution >= 0.6 is 0 Å². The fraction of sp³-hybridized carbons (Fsp3) is 1.00. The smallest absolute Gasteiger partial charge is 0.0685 e. The molecule has 0 aromatic heterocycles. The number of rotatable bonds is 5. The summed E-state index contributed by atoms with van der Waals surface area (Å²) >= 11 is 0. The van der Waals surface area contributed by atoms with Crippen molar-refractivity contribution in [3.63, 3.8) is 0 Å². The summed E-state index contributed by atoms with van der Waals surface area (Å²) in [4.78, 5) is 0. The molecule has 2 unspecified atom stereocenters. The summed E-state index contributed by atoms with van der Waals surface area (Å²) in [5.74, 6) is 1.80. The standard InChI is InChI=1S/C15H27NO/c1-12(5-9-16-14-3-4-14)13-6-10-17-15(11-13)7-2-8-15/h12-14,16H,2-11H2,1H3. The van der Waals surface area contributed by atoms with E-state index in [2.05, 4.69) is 12.2 Å². The normalized spacial score (nSPS) is 33.4. The molecule has 0 aromatic rings. The molecule has 3 aliphatic rings. The summed E-state index contributed by atoms with van der Waals surface area (Å²) in [5, 5.41) is 3.64. The maximum atomic E-state index is 6.02. The highest BCUT2D eigenvalue weighted by molar-refractivity contribution is 4.95. The Morgan fingerprint density at radius 3 is 2.76 bits per heavy atom. The van der Waals surface area contributed by atoms with Gasteiger partial charge < -0.3 is 10.1 Å². The molecule has 2 atom stereocenters. The predicted molar refractivity (Wildman–Crippen MR) is 70.1 cm³/mol. The van der Waals surface area contributed by atoms with Crippen molar-refractivity contribution < 1.29 is 4.74 Å². The lowest BCUT2D eigenvalue weighted by Crippen LogP contribution is -2.46. The summed E-state index contributed by atoms with van der Waals surface area (Å²) in [6.07, 6.45) is 10.9. The Morgan fingerprint density at radius 2 is 2.12 bits per heavy atom. The lowest BCUT2D eigenvalue weighted by atomic mass is 9.69. The van der Waals surface area contributed by atoms with Crippen LogP contribution in [0.5, 0.6) is 0 Å². The van der Waals surface area contributed by atoms with E-state index in [0.29, 0.717) is 5.60 Å². The minimum Gasteiger partial charge on any atom is -0.375 e. The third kappa shape index (κ3) is 2.85. The molecule has 0 bridgehead atoms. The van der Waals surface area contributed by atoms with E-state index in [1.165, 1.54) is 57.9 Å². The Kier molecular flexibility index (Phi) is 3.45. The van der Waals surface area contributed by atoms with Crippen LogP contribution in [0.15, 0.2) is 0 Å². The second-order valence-electron chi connectivity index (χ2n) is 6.63. The molecule has 3 fully saturated rings. The molecule has 1 saturated heterocycles. The summed E-state index contributed by atoms with van der Waals surface area (Å²) in [5.41, 5.74) is 0.334. The molecule has 1 N–H and O–H groups in total. The van der Waals surface area contributed by atoms with Crippen LogP contribution in [0.25, 0.3) is 0 Å². The Balaban J connectivity index is 1.42. The van der Waals surface area contributed by atoms with Gasteiger partial charge in [0.15, 0.2) is 0 Å². The lowest BCUT2D eigenvalue weighted by Gasteiger charge is -2.48. The zero-order chi connectivity index (χ0) is 11.7. The van der Waals surface area contributed by atoms with Crippen LogP contribution in [-0.2, 0) is 4.74 Å². The van der Waals surface area contributed by atoms with Crippen LogP contribution in [0.3, 0.4) is 0 Å². The van der Waals surface area contributed by atoms with Crippen molar-refractivity contribution in [2.45, 2.75) is 69.9 Å². The van der Waals surface area contributed by atoms with Crippen LogP contribution in [0.1, 0.15) is 58.3 Å². The average molecular weight is 237 g/mol. The second-order valence-corrected chi connectivity index (χ2v) is 6.63. The van der Waals surface area contributed by atoms with Gasteiger partial charge in [-0.25, -0.2) is 0 Å². The van der Waals surface area contributed by atoms with Crippen molar-refractivity contribution in [1.82, 2.24) is 5.32 Å². The monoisotopic (exact) mass is 237 g/mol. The van der Waals surface area contributed by atoms with Crippen LogP contribution < -0.4 is 5.32 Å². The molecule has 2 saturated carbocycles. The maximum Gasteiger partial charge on any atom is 0.0685 e. The SMILES string of the molecule is CC(CCNC1CC1)C1CCOC2(CCC2)C1. The first-order chi connectivity index (χ1) is 8.27. The van der Waals surface area contributed by atoms with Gasteiger partial charge in [0.1, 0.15) is 0 Å². The first-order valence-corrected chi connectivity index (χ1v) is 7.65. The van der Waals surface area contributed by atoms with Gasteiger partial charge in [-0.3, -0.25) is 0 Å². The van der Waals surface area contributed by atoms with Gasteiger partial charge in [-0.15, -0.1) is 0 Å². The lowest BCUT2D eigenvalue weighted by molar-refractivity contribution is -0.149. The van der Waals surface area contributed by atoms with Crippen molar-refractivity contribution >= 4 is 0 Å². The van der Waals surface area contributed by atoms with E-state index in [1.54, 1.807) is 0 Å². The zero-order valence-electron chi connectivity index (χ0n) is 11.2. The molecule has 0 amide bonds. The molecule has 1 heterocycles. The third-order valence-corrected chi connectivity index (χ3v) is 5.21. The van der Waals surface area contributed by atoms with Crippen molar-refractivity contribution in [2.75, 3.05) is 13.2 Å². The van der Waals surface area contributed by atoms with E-state index in [9.17, 15) is 0 Å².